The fraction of sp³-hybridized carbons (Fsp3) is 0.357. The monoisotopic (exact) mass is 279 g/mol. The van der Waals surface area contributed by atoms with Gasteiger partial charge in [-0.15, -0.1) is 0 Å². The van der Waals surface area contributed by atoms with Gasteiger partial charge in [0, 0.05) is 12.1 Å². The van der Waals surface area contributed by atoms with Crippen LogP contribution in [0.25, 0.3) is 0 Å². The standard InChI is InChI=1S/C14H17NO5/c1-9-4-3-5-11(8-9)13(18)15(7-6-12(16)17)10(2)14(19)20/h3-5,8,10H,6-7H2,1-2H3,(H,16,17)(H,19,20). The zero-order valence-corrected chi connectivity index (χ0v) is 11.4. The minimum absolute atomic E-state index is 0.143. The van der Waals surface area contributed by atoms with Crippen molar-refractivity contribution in [3.8, 4) is 0 Å². The number of hydrogen-bond acceptors (Lipinski definition) is 3. The molecule has 1 atom stereocenters. The third kappa shape index (κ3) is 4.08. The number of carbonyl (C=O) groups is 3. The molecule has 1 amide bonds. The molecule has 2 N–H and O–H groups in total. The molecule has 0 aromatic heterocycles. The molecule has 0 heterocycles. The molecule has 0 fully saturated rings. The summed E-state index contributed by atoms with van der Waals surface area (Å²) in [4.78, 5) is 35.1. The van der Waals surface area contributed by atoms with Gasteiger partial charge in [-0.1, -0.05) is 17.7 Å². The van der Waals surface area contributed by atoms with Crippen LogP contribution in [-0.2, 0) is 9.59 Å². The van der Waals surface area contributed by atoms with Gasteiger partial charge in [0.1, 0.15) is 6.04 Å². The van der Waals surface area contributed by atoms with Crippen LogP contribution in [0.5, 0.6) is 0 Å². The highest BCUT2D eigenvalue weighted by Crippen LogP contribution is 2.11. The Labute approximate surface area is 116 Å². The number of carboxylic acid groups (broad SMARTS) is 2. The number of amides is 1. The molecular weight excluding hydrogens is 262 g/mol. The summed E-state index contributed by atoms with van der Waals surface area (Å²) < 4.78 is 0. The Morgan fingerprint density at radius 3 is 2.40 bits per heavy atom. The Balaban J connectivity index is 2.99. The smallest absolute Gasteiger partial charge is 0.326 e. The summed E-state index contributed by atoms with van der Waals surface area (Å²) in [5.41, 5.74) is 1.22. The summed E-state index contributed by atoms with van der Waals surface area (Å²) in [6, 6.07) is 5.66. The van der Waals surface area contributed by atoms with E-state index in [1.165, 1.54) is 6.92 Å². The Bertz CT molecular complexity index is 526. The second-order valence-electron chi connectivity index (χ2n) is 4.53. The van der Waals surface area contributed by atoms with Crippen LogP contribution in [0.3, 0.4) is 0 Å². The Morgan fingerprint density at radius 1 is 1.25 bits per heavy atom. The first-order valence-electron chi connectivity index (χ1n) is 6.15. The first-order chi connectivity index (χ1) is 9.32. The maximum Gasteiger partial charge on any atom is 0.326 e. The minimum atomic E-state index is -1.17. The second kappa shape index (κ2) is 6.70. The molecule has 0 aliphatic carbocycles. The molecule has 108 valence electrons. The molecule has 1 rings (SSSR count). The van der Waals surface area contributed by atoms with Crippen LogP contribution in [0.2, 0.25) is 0 Å². The molecule has 0 bridgehead atoms. The van der Waals surface area contributed by atoms with Gasteiger partial charge >= 0.3 is 11.9 Å². The molecule has 1 aromatic carbocycles. The Hall–Kier alpha value is -2.37. The van der Waals surface area contributed by atoms with E-state index in [9.17, 15) is 14.4 Å². The fourth-order valence-electron chi connectivity index (χ4n) is 1.76. The zero-order chi connectivity index (χ0) is 15.3. The third-order valence-electron chi connectivity index (χ3n) is 2.92. The molecule has 6 nitrogen and oxygen atoms in total. The lowest BCUT2D eigenvalue weighted by Crippen LogP contribution is -2.44. The van der Waals surface area contributed by atoms with Crippen molar-refractivity contribution in [3.05, 3.63) is 35.4 Å². The quantitative estimate of drug-likeness (QED) is 0.820. The van der Waals surface area contributed by atoms with Gasteiger partial charge in [0.2, 0.25) is 0 Å². The summed E-state index contributed by atoms with van der Waals surface area (Å²) in [5.74, 6) is -2.73. The van der Waals surface area contributed by atoms with Crippen LogP contribution in [0, 0.1) is 6.92 Å². The summed E-state index contributed by atoms with van der Waals surface area (Å²) in [5, 5.41) is 17.7. The number of aryl methyl sites for hydroxylation is 1. The maximum atomic E-state index is 12.3. The van der Waals surface area contributed by atoms with Gasteiger partial charge in [0.15, 0.2) is 0 Å². The number of carboxylic acids is 2. The highest BCUT2D eigenvalue weighted by Gasteiger charge is 2.26. The first kappa shape index (κ1) is 15.7. The van der Waals surface area contributed by atoms with Gasteiger partial charge in [0.25, 0.3) is 5.91 Å². The topological polar surface area (TPSA) is 94.9 Å². The van der Waals surface area contributed by atoms with Crippen LogP contribution in [0.15, 0.2) is 24.3 Å². The van der Waals surface area contributed by atoms with Gasteiger partial charge < -0.3 is 15.1 Å². The number of rotatable bonds is 6. The SMILES string of the molecule is Cc1cccc(C(=O)N(CCC(=O)O)C(C)C(=O)O)c1. The van der Waals surface area contributed by atoms with Crippen molar-refractivity contribution in [2.75, 3.05) is 6.54 Å². The average Bonchev–Trinajstić information content (AvgIpc) is 2.37. The molecule has 1 aromatic rings. The van der Waals surface area contributed by atoms with E-state index < -0.39 is 23.9 Å². The van der Waals surface area contributed by atoms with E-state index in [0.717, 1.165) is 10.5 Å². The van der Waals surface area contributed by atoms with E-state index in [4.69, 9.17) is 10.2 Å². The van der Waals surface area contributed by atoms with Crippen molar-refractivity contribution in [2.45, 2.75) is 26.3 Å². The molecule has 1 unspecified atom stereocenters. The van der Waals surface area contributed by atoms with Crippen molar-refractivity contribution in [3.63, 3.8) is 0 Å². The minimum Gasteiger partial charge on any atom is -0.481 e. The second-order valence-corrected chi connectivity index (χ2v) is 4.53. The lowest BCUT2D eigenvalue weighted by molar-refractivity contribution is -0.143. The van der Waals surface area contributed by atoms with Crippen molar-refractivity contribution in [1.29, 1.82) is 0 Å². The van der Waals surface area contributed by atoms with Gasteiger partial charge in [-0.2, -0.15) is 0 Å². The van der Waals surface area contributed by atoms with E-state index in [2.05, 4.69) is 0 Å². The van der Waals surface area contributed by atoms with Crippen LogP contribution >= 0.6 is 0 Å². The average molecular weight is 279 g/mol. The van der Waals surface area contributed by atoms with Crippen molar-refractivity contribution in [2.24, 2.45) is 0 Å². The number of nitrogens with zero attached hydrogens (tertiary/aromatic N) is 1. The normalized spacial score (nSPS) is 11.7. The van der Waals surface area contributed by atoms with Crippen molar-refractivity contribution >= 4 is 17.8 Å². The highest BCUT2D eigenvalue weighted by atomic mass is 16.4. The van der Waals surface area contributed by atoms with Gasteiger partial charge in [-0.05, 0) is 26.0 Å². The Morgan fingerprint density at radius 2 is 1.90 bits per heavy atom. The van der Waals surface area contributed by atoms with Crippen molar-refractivity contribution < 1.29 is 24.6 Å². The number of carbonyl (C=O) groups excluding carboxylic acids is 1. The predicted molar refractivity (Wildman–Crippen MR) is 71.6 cm³/mol. The van der Waals surface area contributed by atoms with Gasteiger partial charge in [0.05, 0.1) is 6.42 Å². The van der Waals surface area contributed by atoms with E-state index in [1.807, 2.05) is 13.0 Å². The van der Waals surface area contributed by atoms with E-state index in [0.29, 0.717) is 5.56 Å². The highest BCUT2D eigenvalue weighted by molar-refractivity contribution is 5.96. The maximum absolute atomic E-state index is 12.3. The molecular formula is C14H17NO5. The largest absolute Gasteiger partial charge is 0.481 e. The molecule has 6 heteroatoms. The zero-order valence-electron chi connectivity index (χ0n) is 11.4. The lowest BCUT2D eigenvalue weighted by atomic mass is 10.1. The molecule has 0 spiro atoms. The number of hydrogen-bond donors (Lipinski definition) is 2. The Kier molecular flexibility index (Phi) is 5.25. The fourth-order valence-corrected chi connectivity index (χ4v) is 1.76. The summed E-state index contributed by atoms with van der Waals surface area (Å²) in [6.45, 7) is 3.03. The van der Waals surface area contributed by atoms with Crippen LogP contribution in [0.4, 0.5) is 0 Å². The summed E-state index contributed by atoms with van der Waals surface area (Å²) in [7, 11) is 0. The number of benzene rings is 1. The van der Waals surface area contributed by atoms with Crippen LogP contribution in [-0.4, -0.2) is 45.5 Å². The number of aliphatic carboxylic acids is 2. The third-order valence-corrected chi connectivity index (χ3v) is 2.92. The molecule has 20 heavy (non-hydrogen) atoms. The van der Waals surface area contributed by atoms with E-state index >= 15 is 0 Å². The van der Waals surface area contributed by atoms with Crippen LogP contribution in [0.1, 0.15) is 29.3 Å². The first-order valence-corrected chi connectivity index (χ1v) is 6.15. The van der Waals surface area contributed by atoms with Crippen LogP contribution < -0.4 is 0 Å². The van der Waals surface area contributed by atoms with E-state index in [-0.39, 0.29) is 13.0 Å². The van der Waals surface area contributed by atoms with Gasteiger partial charge in [-0.3, -0.25) is 9.59 Å². The van der Waals surface area contributed by atoms with Crippen molar-refractivity contribution in [1.82, 2.24) is 4.90 Å². The molecule has 0 aliphatic heterocycles. The van der Waals surface area contributed by atoms with Gasteiger partial charge in [-0.25, -0.2) is 4.79 Å². The molecule has 0 saturated heterocycles. The predicted octanol–water partition coefficient (Wildman–Crippen LogP) is 1.39. The summed E-state index contributed by atoms with van der Waals surface area (Å²) in [6.07, 6.45) is -0.296. The van der Waals surface area contributed by atoms with E-state index in [1.54, 1.807) is 18.2 Å². The summed E-state index contributed by atoms with van der Waals surface area (Å²) >= 11 is 0. The lowest BCUT2D eigenvalue weighted by Gasteiger charge is -2.26. The molecule has 0 radical (unpaired) electrons. The molecule has 0 aliphatic rings. The molecule has 0 saturated carbocycles.